The zero-order chi connectivity index (χ0) is 10.6. The van der Waals surface area contributed by atoms with E-state index >= 15 is 0 Å². The van der Waals surface area contributed by atoms with Gasteiger partial charge in [0.1, 0.15) is 0 Å². The third-order valence-corrected chi connectivity index (χ3v) is 2.26. The van der Waals surface area contributed by atoms with E-state index in [9.17, 15) is 0 Å². The molecule has 0 spiro atoms. The van der Waals surface area contributed by atoms with Crippen LogP contribution in [0, 0.1) is 0 Å². The van der Waals surface area contributed by atoms with E-state index in [1.165, 1.54) is 32.1 Å². The standard InChI is InChI=1S/C9H18N6/c1-2-4-6-8-10-12-14-15-13-11-9-7-5-3-1/h1-9H2/b12-10+,13-11+,15-14-. The molecular weight excluding hydrogens is 192 g/mol. The molecule has 0 aliphatic carbocycles. The first-order valence-corrected chi connectivity index (χ1v) is 5.63. The Balaban J connectivity index is 2.25. The third-order valence-electron chi connectivity index (χ3n) is 2.26. The van der Waals surface area contributed by atoms with Gasteiger partial charge in [0.2, 0.25) is 0 Å². The average Bonchev–Trinajstić information content (AvgIpc) is 2.27. The second kappa shape index (κ2) is 9.36. The Kier molecular flexibility index (Phi) is 7.41. The van der Waals surface area contributed by atoms with Crippen LogP contribution in [0.2, 0.25) is 0 Å². The van der Waals surface area contributed by atoms with Crippen molar-refractivity contribution in [2.24, 2.45) is 31.1 Å². The Morgan fingerprint density at radius 3 is 1.27 bits per heavy atom. The normalized spacial score (nSPS) is 27.2. The van der Waals surface area contributed by atoms with Crippen molar-refractivity contribution in [3.05, 3.63) is 0 Å². The summed E-state index contributed by atoms with van der Waals surface area (Å²) in [6.45, 7) is 1.46. The van der Waals surface area contributed by atoms with E-state index in [1.54, 1.807) is 0 Å². The van der Waals surface area contributed by atoms with E-state index in [0.29, 0.717) is 0 Å². The molecule has 0 atom stereocenters. The van der Waals surface area contributed by atoms with Gasteiger partial charge in [0, 0.05) is 0 Å². The summed E-state index contributed by atoms with van der Waals surface area (Å²) in [6.07, 6.45) is 8.51. The maximum absolute atomic E-state index is 3.85. The minimum Gasteiger partial charge on any atom is -0.167 e. The summed E-state index contributed by atoms with van der Waals surface area (Å²) in [4.78, 5) is 0. The van der Waals surface area contributed by atoms with Crippen molar-refractivity contribution >= 4 is 0 Å². The lowest BCUT2D eigenvalue weighted by atomic mass is 10.1. The highest BCUT2D eigenvalue weighted by Gasteiger charge is 1.92. The lowest BCUT2D eigenvalue weighted by Crippen LogP contribution is -1.84. The Bertz CT molecular complexity index is 201. The van der Waals surface area contributed by atoms with Crippen LogP contribution < -0.4 is 0 Å². The van der Waals surface area contributed by atoms with Crippen molar-refractivity contribution in [2.45, 2.75) is 44.9 Å². The molecule has 1 aliphatic heterocycles. The van der Waals surface area contributed by atoms with E-state index < -0.39 is 0 Å². The quantitative estimate of drug-likeness (QED) is 0.581. The van der Waals surface area contributed by atoms with Gasteiger partial charge in [0.05, 0.1) is 13.1 Å². The molecule has 6 nitrogen and oxygen atoms in total. The Labute approximate surface area is 89.9 Å². The predicted molar refractivity (Wildman–Crippen MR) is 56.6 cm³/mol. The van der Waals surface area contributed by atoms with Crippen molar-refractivity contribution in [2.75, 3.05) is 13.1 Å². The van der Waals surface area contributed by atoms with Crippen molar-refractivity contribution in [3.8, 4) is 0 Å². The van der Waals surface area contributed by atoms with Gasteiger partial charge in [0.15, 0.2) is 0 Å². The van der Waals surface area contributed by atoms with Crippen molar-refractivity contribution in [3.63, 3.8) is 0 Å². The molecule has 15 heavy (non-hydrogen) atoms. The predicted octanol–water partition coefficient (Wildman–Crippen LogP) is 3.92. The molecule has 0 aromatic carbocycles. The van der Waals surface area contributed by atoms with Gasteiger partial charge in [-0.25, -0.2) is 0 Å². The van der Waals surface area contributed by atoms with Crippen molar-refractivity contribution < 1.29 is 0 Å². The first-order valence-electron chi connectivity index (χ1n) is 5.63. The first-order chi connectivity index (χ1) is 7.50. The van der Waals surface area contributed by atoms with Crippen molar-refractivity contribution in [1.29, 1.82) is 0 Å². The van der Waals surface area contributed by atoms with Crippen LogP contribution in [0.3, 0.4) is 0 Å². The Morgan fingerprint density at radius 1 is 0.400 bits per heavy atom. The summed E-state index contributed by atoms with van der Waals surface area (Å²) in [5.74, 6) is 0. The van der Waals surface area contributed by atoms with Gasteiger partial charge in [0.25, 0.3) is 0 Å². The van der Waals surface area contributed by atoms with Gasteiger partial charge in [-0.2, -0.15) is 10.2 Å². The van der Waals surface area contributed by atoms with Gasteiger partial charge in [-0.05, 0) is 33.7 Å². The molecule has 0 saturated heterocycles. The summed E-state index contributed by atoms with van der Waals surface area (Å²) in [5.41, 5.74) is 0. The van der Waals surface area contributed by atoms with Crippen LogP contribution in [0.15, 0.2) is 31.1 Å². The fourth-order valence-corrected chi connectivity index (χ4v) is 1.43. The first kappa shape index (κ1) is 11.9. The van der Waals surface area contributed by atoms with Crippen molar-refractivity contribution in [1.82, 2.24) is 0 Å². The van der Waals surface area contributed by atoms with Gasteiger partial charge in [-0.1, -0.05) is 32.1 Å². The monoisotopic (exact) mass is 210 g/mol. The van der Waals surface area contributed by atoms with Crippen LogP contribution in [0.1, 0.15) is 44.9 Å². The minimum atomic E-state index is 0.732. The van der Waals surface area contributed by atoms with Gasteiger partial charge >= 0.3 is 0 Å². The van der Waals surface area contributed by atoms with Gasteiger partial charge < -0.3 is 0 Å². The molecule has 0 radical (unpaired) electrons. The molecule has 0 aromatic heterocycles. The Hall–Kier alpha value is -1.20. The summed E-state index contributed by atoms with van der Waals surface area (Å²) in [7, 11) is 0. The molecule has 1 rings (SSSR count). The highest BCUT2D eigenvalue weighted by Crippen LogP contribution is 2.07. The minimum absolute atomic E-state index is 0.732. The number of nitrogens with zero attached hydrogens (tertiary/aromatic N) is 6. The molecular formula is C9H18N6. The fraction of sp³-hybridized carbons (Fsp3) is 1.00. The topological polar surface area (TPSA) is 74.2 Å². The number of rotatable bonds is 0. The fourth-order valence-electron chi connectivity index (χ4n) is 1.43. The zero-order valence-corrected chi connectivity index (χ0v) is 9.05. The van der Waals surface area contributed by atoms with Crippen LogP contribution in [-0.4, -0.2) is 13.1 Å². The molecule has 0 aromatic rings. The van der Waals surface area contributed by atoms with Crippen LogP contribution in [-0.2, 0) is 0 Å². The summed E-state index contributed by atoms with van der Waals surface area (Å²) >= 11 is 0. The van der Waals surface area contributed by atoms with Crippen LogP contribution in [0.5, 0.6) is 0 Å². The van der Waals surface area contributed by atoms with E-state index in [-0.39, 0.29) is 0 Å². The maximum Gasteiger partial charge on any atom is 0.0621 e. The highest BCUT2D eigenvalue weighted by molar-refractivity contribution is 4.48. The largest absolute Gasteiger partial charge is 0.167 e. The van der Waals surface area contributed by atoms with Gasteiger partial charge in [-0.15, -0.1) is 0 Å². The second-order valence-electron chi connectivity index (χ2n) is 3.56. The molecule has 0 fully saturated rings. The molecule has 1 heterocycles. The number of hydrogen-bond acceptors (Lipinski definition) is 6. The smallest absolute Gasteiger partial charge is 0.0621 e. The second-order valence-corrected chi connectivity index (χ2v) is 3.56. The molecule has 84 valence electrons. The maximum atomic E-state index is 3.85. The SMILES string of the molecule is C1CCCC/N=N/N=N\N=N\CCCC1. The molecule has 0 bridgehead atoms. The summed E-state index contributed by atoms with van der Waals surface area (Å²) in [5, 5.41) is 21.5. The zero-order valence-electron chi connectivity index (χ0n) is 9.05. The molecule has 0 N–H and O–H groups in total. The molecule has 0 unspecified atom stereocenters. The van der Waals surface area contributed by atoms with Gasteiger partial charge in [-0.3, -0.25) is 0 Å². The van der Waals surface area contributed by atoms with E-state index in [2.05, 4.69) is 31.1 Å². The lowest BCUT2D eigenvalue weighted by Gasteiger charge is -1.98. The number of hydrogen-bond donors (Lipinski definition) is 0. The molecule has 0 saturated carbocycles. The molecule has 0 amide bonds. The molecule has 1 aliphatic rings. The lowest BCUT2D eigenvalue weighted by molar-refractivity contribution is 0.580. The van der Waals surface area contributed by atoms with Crippen LogP contribution in [0.4, 0.5) is 0 Å². The molecule has 6 heteroatoms. The summed E-state index contributed by atoms with van der Waals surface area (Å²) in [6, 6.07) is 0. The van der Waals surface area contributed by atoms with E-state index in [4.69, 9.17) is 0 Å². The average molecular weight is 210 g/mol. The van der Waals surface area contributed by atoms with Crippen LogP contribution >= 0.6 is 0 Å². The van der Waals surface area contributed by atoms with E-state index in [0.717, 1.165) is 25.9 Å². The van der Waals surface area contributed by atoms with Crippen LogP contribution in [0.25, 0.3) is 0 Å². The van der Waals surface area contributed by atoms with E-state index in [1.807, 2.05) is 0 Å². The highest BCUT2D eigenvalue weighted by atomic mass is 15.6. The third kappa shape index (κ3) is 7.84. The summed E-state index contributed by atoms with van der Waals surface area (Å²) < 4.78 is 0. The Morgan fingerprint density at radius 2 is 0.800 bits per heavy atom.